The van der Waals surface area contributed by atoms with Crippen LogP contribution in [0.1, 0.15) is 44.9 Å². The Hall–Kier alpha value is -0.940. The third-order valence-electron chi connectivity index (χ3n) is 3.78. The number of nitrogens with one attached hydrogen (secondary N) is 1. The molecule has 0 amide bonds. The molecule has 1 heterocycles. The lowest BCUT2D eigenvalue weighted by atomic mass is 10.0. The van der Waals surface area contributed by atoms with Gasteiger partial charge in [0.05, 0.1) is 12.6 Å². The maximum atomic E-state index is 9.96. The van der Waals surface area contributed by atoms with Crippen molar-refractivity contribution < 1.29 is 5.11 Å². The van der Waals surface area contributed by atoms with E-state index in [1.54, 1.807) is 6.33 Å². The second-order valence-electron chi connectivity index (χ2n) is 5.20. The predicted molar refractivity (Wildman–Crippen MR) is 70.0 cm³/mol. The smallest absolute Gasteiger partial charge is 0.146 e. The van der Waals surface area contributed by atoms with Crippen LogP contribution in [0.4, 0.5) is 0 Å². The van der Waals surface area contributed by atoms with E-state index in [1.165, 1.54) is 25.7 Å². The zero-order valence-electron chi connectivity index (χ0n) is 11.2. The van der Waals surface area contributed by atoms with Gasteiger partial charge in [-0.25, -0.2) is 0 Å². The highest BCUT2D eigenvalue weighted by molar-refractivity contribution is 4.85. The van der Waals surface area contributed by atoms with Gasteiger partial charge >= 0.3 is 0 Å². The van der Waals surface area contributed by atoms with Crippen LogP contribution in [-0.4, -0.2) is 32.5 Å². The van der Waals surface area contributed by atoms with Crippen LogP contribution in [0.2, 0.25) is 0 Å². The Kier molecular flexibility index (Phi) is 5.13. The Balaban J connectivity index is 1.65. The monoisotopic (exact) mass is 252 g/mol. The standard InChI is InChI=1S/C13H24N4O/c1-2-17-10-15-16-13(17)9-14-8-12(18)7-11-5-3-4-6-11/h10-12,14,18H,2-9H2,1H3. The molecule has 1 saturated carbocycles. The van der Waals surface area contributed by atoms with Crippen LogP contribution >= 0.6 is 0 Å². The molecule has 1 aliphatic rings. The third-order valence-corrected chi connectivity index (χ3v) is 3.78. The fraction of sp³-hybridized carbons (Fsp3) is 0.846. The predicted octanol–water partition coefficient (Wildman–Crippen LogP) is 1.33. The van der Waals surface area contributed by atoms with E-state index in [0.717, 1.165) is 24.7 Å². The minimum Gasteiger partial charge on any atom is -0.392 e. The SMILES string of the molecule is CCn1cnnc1CNCC(O)CC1CCCC1. The van der Waals surface area contributed by atoms with Gasteiger partial charge in [-0.1, -0.05) is 25.7 Å². The average molecular weight is 252 g/mol. The van der Waals surface area contributed by atoms with Crippen LogP contribution in [0.3, 0.4) is 0 Å². The summed E-state index contributed by atoms with van der Waals surface area (Å²) in [5, 5.41) is 21.2. The van der Waals surface area contributed by atoms with Crippen molar-refractivity contribution in [3.8, 4) is 0 Å². The van der Waals surface area contributed by atoms with E-state index in [1.807, 2.05) is 4.57 Å². The van der Waals surface area contributed by atoms with Crippen LogP contribution in [0.15, 0.2) is 6.33 Å². The number of hydrogen-bond acceptors (Lipinski definition) is 4. The molecule has 1 aromatic rings. The first-order chi connectivity index (χ1) is 8.79. The Labute approximate surface area is 109 Å². The Morgan fingerprint density at radius 3 is 3.00 bits per heavy atom. The number of aliphatic hydroxyl groups excluding tert-OH is 1. The zero-order chi connectivity index (χ0) is 12.8. The van der Waals surface area contributed by atoms with Crippen molar-refractivity contribution in [2.75, 3.05) is 6.54 Å². The summed E-state index contributed by atoms with van der Waals surface area (Å²) in [6.45, 7) is 4.28. The van der Waals surface area contributed by atoms with Gasteiger partial charge < -0.3 is 15.0 Å². The molecule has 0 aromatic carbocycles. The van der Waals surface area contributed by atoms with Crippen molar-refractivity contribution in [1.29, 1.82) is 0 Å². The Morgan fingerprint density at radius 2 is 2.28 bits per heavy atom. The molecule has 5 nitrogen and oxygen atoms in total. The van der Waals surface area contributed by atoms with E-state index in [2.05, 4.69) is 22.4 Å². The molecule has 2 rings (SSSR count). The maximum Gasteiger partial charge on any atom is 0.146 e. The molecule has 1 unspecified atom stereocenters. The number of rotatable bonds is 7. The molecule has 0 spiro atoms. The Bertz CT molecular complexity index is 347. The molecular weight excluding hydrogens is 228 g/mol. The number of aromatic nitrogens is 3. The highest BCUT2D eigenvalue weighted by Crippen LogP contribution is 2.28. The fourth-order valence-corrected chi connectivity index (χ4v) is 2.74. The number of aliphatic hydroxyl groups is 1. The number of aryl methyl sites for hydroxylation is 1. The summed E-state index contributed by atoms with van der Waals surface area (Å²) in [5.41, 5.74) is 0. The van der Waals surface area contributed by atoms with Gasteiger partial charge in [0.25, 0.3) is 0 Å². The highest BCUT2D eigenvalue weighted by atomic mass is 16.3. The molecule has 18 heavy (non-hydrogen) atoms. The summed E-state index contributed by atoms with van der Waals surface area (Å²) in [7, 11) is 0. The summed E-state index contributed by atoms with van der Waals surface area (Å²) >= 11 is 0. The summed E-state index contributed by atoms with van der Waals surface area (Å²) in [5.74, 6) is 1.67. The zero-order valence-corrected chi connectivity index (χ0v) is 11.2. The van der Waals surface area contributed by atoms with E-state index >= 15 is 0 Å². The maximum absolute atomic E-state index is 9.96. The first kappa shape index (κ1) is 13.5. The molecule has 0 bridgehead atoms. The summed E-state index contributed by atoms with van der Waals surface area (Å²) in [4.78, 5) is 0. The van der Waals surface area contributed by atoms with Crippen LogP contribution in [0.25, 0.3) is 0 Å². The molecule has 0 aliphatic heterocycles. The van der Waals surface area contributed by atoms with Gasteiger partial charge in [0.1, 0.15) is 12.2 Å². The van der Waals surface area contributed by atoms with Crippen LogP contribution < -0.4 is 5.32 Å². The number of hydrogen-bond donors (Lipinski definition) is 2. The first-order valence-electron chi connectivity index (χ1n) is 7.05. The molecule has 2 N–H and O–H groups in total. The van der Waals surface area contributed by atoms with E-state index in [0.29, 0.717) is 13.1 Å². The first-order valence-corrected chi connectivity index (χ1v) is 7.05. The van der Waals surface area contributed by atoms with Crippen molar-refractivity contribution in [1.82, 2.24) is 20.1 Å². The average Bonchev–Trinajstić information content (AvgIpc) is 3.00. The molecule has 102 valence electrons. The third kappa shape index (κ3) is 3.78. The van der Waals surface area contributed by atoms with Crippen molar-refractivity contribution in [3.05, 3.63) is 12.2 Å². The molecule has 0 radical (unpaired) electrons. The minimum atomic E-state index is -0.230. The van der Waals surface area contributed by atoms with Gasteiger partial charge in [-0.3, -0.25) is 0 Å². The minimum absolute atomic E-state index is 0.230. The number of nitrogens with zero attached hydrogens (tertiary/aromatic N) is 3. The molecule has 1 atom stereocenters. The quantitative estimate of drug-likeness (QED) is 0.768. The van der Waals surface area contributed by atoms with Crippen LogP contribution in [0.5, 0.6) is 0 Å². The van der Waals surface area contributed by atoms with Crippen molar-refractivity contribution in [3.63, 3.8) is 0 Å². The summed E-state index contributed by atoms with van der Waals surface area (Å²) in [6.07, 6.45) is 7.71. The molecule has 1 aliphatic carbocycles. The second-order valence-corrected chi connectivity index (χ2v) is 5.20. The van der Waals surface area contributed by atoms with Gasteiger partial charge in [0, 0.05) is 13.1 Å². The van der Waals surface area contributed by atoms with E-state index in [4.69, 9.17) is 0 Å². The molecular formula is C13H24N4O. The lowest BCUT2D eigenvalue weighted by molar-refractivity contribution is 0.140. The van der Waals surface area contributed by atoms with Gasteiger partial charge in [-0.2, -0.15) is 0 Å². The largest absolute Gasteiger partial charge is 0.392 e. The van der Waals surface area contributed by atoms with E-state index < -0.39 is 0 Å². The van der Waals surface area contributed by atoms with Crippen LogP contribution in [-0.2, 0) is 13.1 Å². The van der Waals surface area contributed by atoms with Crippen molar-refractivity contribution in [2.24, 2.45) is 5.92 Å². The normalized spacial score (nSPS) is 18.3. The van der Waals surface area contributed by atoms with Crippen molar-refractivity contribution in [2.45, 2.75) is 58.2 Å². The van der Waals surface area contributed by atoms with Gasteiger partial charge in [-0.05, 0) is 19.3 Å². The van der Waals surface area contributed by atoms with Crippen molar-refractivity contribution >= 4 is 0 Å². The molecule has 0 saturated heterocycles. The molecule has 1 fully saturated rings. The van der Waals surface area contributed by atoms with Crippen LogP contribution in [0, 0.1) is 5.92 Å². The van der Waals surface area contributed by atoms with E-state index in [-0.39, 0.29) is 6.10 Å². The van der Waals surface area contributed by atoms with Gasteiger partial charge in [-0.15, -0.1) is 10.2 Å². The topological polar surface area (TPSA) is 63.0 Å². The lowest BCUT2D eigenvalue weighted by Crippen LogP contribution is -2.28. The Morgan fingerprint density at radius 1 is 1.50 bits per heavy atom. The lowest BCUT2D eigenvalue weighted by Gasteiger charge is -2.15. The molecule has 5 heteroatoms. The van der Waals surface area contributed by atoms with Gasteiger partial charge in [0.2, 0.25) is 0 Å². The summed E-state index contributed by atoms with van der Waals surface area (Å²) < 4.78 is 2.01. The fourth-order valence-electron chi connectivity index (χ4n) is 2.74. The van der Waals surface area contributed by atoms with Gasteiger partial charge in [0.15, 0.2) is 0 Å². The molecule has 1 aromatic heterocycles. The van der Waals surface area contributed by atoms with E-state index in [9.17, 15) is 5.11 Å². The second kappa shape index (κ2) is 6.85. The highest BCUT2D eigenvalue weighted by Gasteiger charge is 2.18. The summed E-state index contributed by atoms with van der Waals surface area (Å²) in [6, 6.07) is 0.